The number of para-hydroxylation sites is 1. The highest BCUT2D eigenvalue weighted by atomic mass is 32.1. The van der Waals surface area contributed by atoms with Gasteiger partial charge in [-0.2, -0.15) is 0 Å². The summed E-state index contributed by atoms with van der Waals surface area (Å²) in [4.78, 5) is 33.0. The summed E-state index contributed by atoms with van der Waals surface area (Å²) in [5.41, 5.74) is 0.720. The molecule has 1 saturated heterocycles. The topological polar surface area (TPSA) is 98.0 Å². The molecule has 0 unspecified atom stereocenters. The molecule has 3 aromatic rings. The van der Waals surface area contributed by atoms with Crippen LogP contribution in [0.25, 0.3) is 10.2 Å². The molecule has 4 rings (SSSR count). The molecule has 174 valence electrons. The molecule has 2 heterocycles. The summed E-state index contributed by atoms with van der Waals surface area (Å²) < 4.78 is 11.9. The fourth-order valence-electron chi connectivity index (χ4n) is 4.01. The quantitative estimate of drug-likeness (QED) is 0.378. The lowest BCUT2D eigenvalue weighted by atomic mass is 10.1. The maximum atomic E-state index is 13.2. The van der Waals surface area contributed by atoms with Crippen molar-refractivity contribution in [1.82, 2.24) is 14.8 Å². The first kappa shape index (κ1) is 22.9. The average molecular weight is 471 g/mol. The molecule has 0 saturated carbocycles. The van der Waals surface area contributed by atoms with Crippen LogP contribution in [0.15, 0.2) is 36.4 Å². The number of aromatic nitrogens is 1. The number of rotatable bonds is 7. The number of hydrogen-bond acceptors (Lipinski definition) is 8. The molecule has 1 aliphatic rings. The second-order valence-corrected chi connectivity index (χ2v) is 8.80. The van der Waals surface area contributed by atoms with Gasteiger partial charge in [0.05, 0.1) is 41.0 Å². The van der Waals surface area contributed by atoms with Crippen LogP contribution in [0.2, 0.25) is 0 Å². The van der Waals surface area contributed by atoms with Gasteiger partial charge < -0.3 is 14.4 Å². The highest BCUT2D eigenvalue weighted by molar-refractivity contribution is 7.18. The van der Waals surface area contributed by atoms with E-state index in [-0.39, 0.29) is 28.9 Å². The normalized spacial score (nSPS) is 15.4. The second-order valence-electron chi connectivity index (χ2n) is 7.73. The molecule has 1 aromatic heterocycles. The molecule has 1 aliphatic heterocycles. The first-order chi connectivity index (χ1) is 15.9. The number of thiazole rings is 1. The lowest BCUT2D eigenvalue weighted by molar-refractivity contribution is -0.385. The van der Waals surface area contributed by atoms with E-state index in [1.54, 1.807) is 23.2 Å². The van der Waals surface area contributed by atoms with E-state index in [0.29, 0.717) is 38.5 Å². The average Bonchev–Trinajstić information content (AvgIpc) is 3.27. The number of benzene rings is 2. The zero-order valence-corrected chi connectivity index (χ0v) is 19.6. The van der Waals surface area contributed by atoms with Crippen molar-refractivity contribution in [1.29, 1.82) is 0 Å². The van der Waals surface area contributed by atoms with Crippen molar-refractivity contribution in [3.63, 3.8) is 0 Å². The Kier molecular flexibility index (Phi) is 6.75. The predicted octanol–water partition coefficient (Wildman–Crippen LogP) is 4.13. The Hall–Kier alpha value is -3.24. The zero-order chi connectivity index (χ0) is 23.5. The molecule has 2 aromatic carbocycles. The van der Waals surface area contributed by atoms with Gasteiger partial charge in [0.25, 0.3) is 11.6 Å². The van der Waals surface area contributed by atoms with Crippen molar-refractivity contribution in [2.75, 3.05) is 39.9 Å². The van der Waals surface area contributed by atoms with Crippen LogP contribution in [0.5, 0.6) is 11.5 Å². The van der Waals surface area contributed by atoms with Gasteiger partial charge in [-0.3, -0.25) is 19.8 Å². The Morgan fingerprint density at radius 3 is 2.58 bits per heavy atom. The van der Waals surface area contributed by atoms with E-state index < -0.39 is 4.92 Å². The van der Waals surface area contributed by atoms with Gasteiger partial charge in [0.1, 0.15) is 10.6 Å². The Labute approximate surface area is 195 Å². The van der Waals surface area contributed by atoms with Gasteiger partial charge in [-0.25, -0.2) is 4.98 Å². The number of hydrogen-bond donors (Lipinski definition) is 0. The second kappa shape index (κ2) is 9.72. The lowest BCUT2D eigenvalue weighted by Crippen LogP contribution is -2.49. The number of ether oxygens (including phenoxy) is 2. The van der Waals surface area contributed by atoms with Crippen LogP contribution < -0.4 is 9.47 Å². The minimum Gasteiger partial charge on any atom is -0.493 e. The summed E-state index contributed by atoms with van der Waals surface area (Å²) in [7, 11) is 1.41. The third-order valence-corrected chi connectivity index (χ3v) is 7.03. The number of carbonyl (C=O) groups excluding carboxylic acids is 1. The standard InChI is InChI=1S/C23H26N4O5S/c1-4-32-20-13-16(18(27(29)30)14-19(20)31-3)23(28)26-11-9-25(10-12-26)15(2)22-24-17-7-5-6-8-21(17)33-22/h5-8,13-15H,4,9-12H2,1-3H3/t15-/m1/s1. The van der Waals surface area contributed by atoms with Gasteiger partial charge >= 0.3 is 0 Å². The van der Waals surface area contributed by atoms with E-state index in [1.165, 1.54) is 19.2 Å². The molecular formula is C23H26N4O5S. The molecule has 1 amide bonds. The van der Waals surface area contributed by atoms with Crippen molar-refractivity contribution in [3.8, 4) is 11.5 Å². The smallest absolute Gasteiger partial charge is 0.286 e. The zero-order valence-electron chi connectivity index (χ0n) is 18.8. The van der Waals surface area contributed by atoms with Crippen LogP contribution in [-0.2, 0) is 0 Å². The highest BCUT2D eigenvalue weighted by Crippen LogP contribution is 2.36. The number of piperazine rings is 1. The van der Waals surface area contributed by atoms with Crippen LogP contribution in [0.4, 0.5) is 5.69 Å². The van der Waals surface area contributed by atoms with E-state index in [0.717, 1.165) is 15.2 Å². The first-order valence-electron chi connectivity index (χ1n) is 10.8. The third kappa shape index (κ3) is 4.62. The Morgan fingerprint density at radius 1 is 1.21 bits per heavy atom. The summed E-state index contributed by atoms with van der Waals surface area (Å²) in [5, 5.41) is 12.7. The van der Waals surface area contributed by atoms with Crippen LogP contribution >= 0.6 is 11.3 Å². The fraction of sp³-hybridized carbons (Fsp3) is 0.391. The summed E-state index contributed by atoms with van der Waals surface area (Å²) in [6.45, 7) is 6.54. The van der Waals surface area contributed by atoms with Gasteiger partial charge in [-0.1, -0.05) is 12.1 Å². The van der Waals surface area contributed by atoms with Crippen molar-refractivity contribution in [2.45, 2.75) is 19.9 Å². The monoisotopic (exact) mass is 470 g/mol. The number of nitro groups is 1. The number of amides is 1. The van der Waals surface area contributed by atoms with Crippen molar-refractivity contribution < 1.29 is 19.2 Å². The molecule has 0 spiro atoms. The van der Waals surface area contributed by atoms with Crippen molar-refractivity contribution >= 4 is 33.1 Å². The molecule has 0 radical (unpaired) electrons. The molecule has 9 nitrogen and oxygen atoms in total. The predicted molar refractivity (Wildman–Crippen MR) is 126 cm³/mol. The summed E-state index contributed by atoms with van der Waals surface area (Å²) >= 11 is 1.68. The highest BCUT2D eigenvalue weighted by Gasteiger charge is 2.31. The van der Waals surface area contributed by atoms with Gasteiger partial charge in [-0.05, 0) is 26.0 Å². The maximum Gasteiger partial charge on any atom is 0.286 e. The molecule has 0 N–H and O–H groups in total. The van der Waals surface area contributed by atoms with Gasteiger partial charge in [-0.15, -0.1) is 11.3 Å². The van der Waals surface area contributed by atoms with Crippen LogP contribution in [-0.4, -0.2) is 65.5 Å². The number of methoxy groups -OCH3 is 1. The van der Waals surface area contributed by atoms with Gasteiger partial charge in [0.15, 0.2) is 11.5 Å². The minimum absolute atomic E-state index is 0.0110. The van der Waals surface area contributed by atoms with E-state index >= 15 is 0 Å². The molecule has 0 bridgehead atoms. The molecule has 33 heavy (non-hydrogen) atoms. The van der Waals surface area contributed by atoms with E-state index in [1.807, 2.05) is 18.2 Å². The van der Waals surface area contributed by atoms with Crippen LogP contribution in [0, 0.1) is 10.1 Å². The van der Waals surface area contributed by atoms with Gasteiger partial charge in [0.2, 0.25) is 0 Å². The van der Waals surface area contributed by atoms with Crippen molar-refractivity contribution in [2.24, 2.45) is 0 Å². The lowest BCUT2D eigenvalue weighted by Gasteiger charge is -2.37. The minimum atomic E-state index is -0.559. The van der Waals surface area contributed by atoms with Crippen LogP contribution in [0.1, 0.15) is 35.3 Å². The molecule has 0 aliphatic carbocycles. The number of nitrogens with zero attached hydrogens (tertiary/aromatic N) is 4. The molecule has 1 fully saturated rings. The first-order valence-corrected chi connectivity index (χ1v) is 11.6. The maximum absolute atomic E-state index is 13.2. The SMILES string of the molecule is CCOc1cc(C(=O)N2CCN([C@H](C)c3nc4ccccc4s3)CC2)c([N+](=O)[O-])cc1OC. The largest absolute Gasteiger partial charge is 0.493 e. The molecular weight excluding hydrogens is 444 g/mol. The molecule has 1 atom stereocenters. The fourth-order valence-corrected chi connectivity index (χ4v) is 5.06. The van der Waals surface area contributed by atoms with E-state index in [2.05, 4.69) is 17.9 Å². The summed E-state index contributed by atoms with van der Waals surface area (Å²) in [5.74, 6) is 0.171. The van der Waals surface area contributed by atoms with E-state index in [9.17, 15) is 14.9 Å². The van der Waals surface area contributed by atoms with Crippen molar-refractivity contribution in [3.05, 3.63) is 57.1 Å². The third-order valence-electron chi connectivity index (χ3n) is 5.83. The van der Waals surface area contributed by atoms with Gasteiger partial charge in [0, 0.05) is 32.2 Å². The van der Waals surface area contributed by atoms with Crippen LogP contribution in [0.3, 0.4) is 0 Å². The number of carbonyl (C=O) groups is 1. The van der Waals surface area contributed by atoms with E-state index in [4.69, 9.17) is 14.5 Å². The molecule has 10 heteroatoms. The summed E-state index contributed by atoms with van der Waals surface area (Å²) in [6, 6.07) is 10.9. The Morgan fingerprint density at radius 2 is 1.94 bits per heavy atom. The Bertz CT molecular complexity index is 1140. The summed E-state index contributed by atoms with van der Waals surface area (Å²) in [6.07, 6.45) is 0. The Balaban J connectivity index is 1.50. The number of fused-ring (bicyclic) bond motifs is 1. The number of nitro benzene ring substituents is 1.